The van der Waals surface area contributed by atoms with Crippen molar-refractivity contribution in [3.05, 3.63) is 36.3 Å². The second kappa shape index (κ2) is 7.04. The quantitative estimate of drug-likeness (QED) is 0.761. The zero-order valence-corrected chi connectivity index (χ0v) is 16.5. The number of aryl methyl sites for hydroxylation is 1. The van der Waals surface area contributed by atoms with Crippen LogP contribution in [0, 0.1) is 0 Å². The monoisotopic (exact) mass is 382 g/mol. The lowest BCUT2D eigenvalue weighted by Gasteiger charge is -2.22. The second-order valence-electron chi connectivity index (χ2n) is 6.47. The van der Waals surface area contributed by atoms with Crippen LogP contribution in [0.3, 0.4) is 0 Å². The van der Waals surface area contributed by atoms with Crippen LogP contribution >= 0.6 is 0 Å². The fraction of sp³-hybridized carbons (Fsp3) is 0.438. The third-order valence-electron chi connectivity index (χ3n) is 4.04. The molecule has 0 aliphatic heterocycles. The highest BCUT2D eigenvalue weighted by atomic mass is 32.2. The van der Waals surface area contributed by atoms with E-state index in [1.165, 1.54) is 30.3 Å². The van der Waals surface area contributed by atoms with Crippen LogP contribution < -0.4 is 14.2 Å². The number of amides is 1. The maximum Gasteiger partial charge on any atom is 0.511 e. The molecule has 2 heterocycles. The number of pyridine rings is 1. The number of aromatic nitrogens is 3. The molecule has 0 fully saturated rings. The smallest absolute Gasteiger partial charge is 0.377 e. The maximum absolute atomic E-state index is 12.5. The first-order chi connectivity index (χ1) is 12.0. The lowest BCUT2D eigenvalue weighted by atomic mass is 10.1. The van der Waals surface area contributed by atoms with Gasteiger partial charge in [0.15, 0.2) is 0 Å². The first kappa shape index (κ1) is 19.9. The van der Waals surface area contributed by atoms with Crippen molar-refractivity contribution < 1.29 is 22.5 Å². The Bertz CT molecular complexity index is 901. The molecule has 2 rings (SSSR count). The molecule has 0 spiro atoms. The van der Waals surface area contributed by atoms with Crippen LogP contribution in [0.25, 0.3) is 0 Å². The van der Waals surface area contributed by atoms with Gasteiger partial charge >= 0.3 is 16.1 Å². The number of anilines is 1. The summed E-state index contributed by atoms with van der Waals surface area (Å²) < 4.78 is 34.9. The van der Waals surface area contributed by atoms with Gasteiger partial charge in [0.05, 0.1) is 5.69 Å². The van der Waals surface area contributed by atoms with E-state index in [9.17, 15) is 13.2 Å². The number of nitrogens with zero attached hydrogens (tertiary/aromatic N) is 4. The summed E-state index contributed by atoms with van der Waals surface area (Å²) in [5.41, 5.74) is 0.722. The van der Waals surface area contributed by atoms with E-state index < -0.39 is 21.7 Å². The normalized spacial score (nSPS) is 12.1. The van der Waals surface area contributed by atoms with Gasteiger partial charge in [0, 0.05) is 52.1 Å². The van der Waals surface area contributed by atoms with E-state index in [1.54, 1.807) is 33.0 Å². The fourth-order valence-electron chi connectivity index (χ4n) is 2.31. The minimum absolute atomic E-state index is 0.251. The van der Waals surface area contributed by atoms with E-state index >= 15 is 0 Å². The molecule has 0 unspecified atom stereocenters. The molecule has 1 amide bonds. The van der Waals surface area contributed by atoms with E-state index in [-0.39, 0.29) is 5.03 Å². The number of sulfonamides is 1. The summed E-state index contributed by atoms with van der Waals surface area (Å²) in [6, 6.07) is 3.99. The molecule has 2 aromatic heterocycles. The number of carbonyl (C=O) groups excluding carboxylic acids is 1. The molecule has 1 N–H and O–H groups in total. The molecule has 2 aromatic rings. The van der Waals surface area contributed by atoms with Crippen molar-refractivity contribution in [1.29, 1.82) is 0 Å². The highest BCUT2D eigenvalue weighted by molar-refractivity contribution is 7.90. The van der Waals surface area contributed by atoms with Crippen molar-refractivity contribution >= 4 is 21.7 Å². The molecule has 0 atom stereocenters. The van der Waals surface area contributed by atoms with Gasteiger partial charge < -0.3 is 9.64 Å². The van der Waals surface area contributed by atoms with E-state index in [4.69, 9.17) is 4.74 Å². The summed E-state index contributed by atoms with van der Waals surface area (Å²) in [4.78, 5) is 14.1. The Hall–Kier alpha value is -2.46. The van der Waals surface area contributed by atoms with E-state index in [2.05, 4.69) is 5.10 Å². The molecule has 0 saturated heterocycles. The molecule has 26 heavy (non-hydrogen) atoms. The Morgan fingerprint density at radius 2 is 1.88 bits per heavy atom. The minimum Gasteiger partial charge on any atom is -0.377 e. The maximum atomic E-state index is 12.5. The van der Waals surface area contributed by atoms with Crippen LogP contribution in [-0.2, 0) is 27.4 Å². The van der Waals surface area contributed by atoms with Crippen LogP contribution in [0.5, 0.6) is 0 Å². The van der Waals surface area contributed by atoms with E-state index in [0.29, 0.717) is 5.69 Å². The minimum atomic E-state index is -4.12. The number of rotatable bonds is 5. The number of hydrogen-bond acceptors (Lipinski definition) is 6. The van der Waals surface area contributed by atoms with Crippen LogP contribution in [-0.4, -0.2) is 45.4 Å². The molecule has 0 aliphatic rings. The number of hydrogen-bond donors (Lipinski definition) is 1. The van der Waals surface area contributed by atoms with Crippen LogP contribution in [0.1, 0.15) is 19.5 Å². The first-order valence-corrected chi connectivity index (χ1v) is 9.32. The van der Waals surface area contributed by atoms with Crippen molar-refractivity contribution in [3.63, 3.8) is 0 Å². The molecular weight excluding hydrogens is 358 g/mol. The third-order valence-corrected chi connectivity index (χ3v) is 5.24. The van der Waals surface area contributed by atoms with Gasteiger partial charge in [-0.2, -0.15) is 22.9 Å². The average Bonchev–Trinajstić information content (AvgIpc) is 2.98. The predicted octanol–water partition coefficient (Wildman–Crippen LogP) is 0.602. The summed E-state index contributed by atoms with van der Waals surface area (Å²) >= 11 is 0. The van der Waals surface area contributed by atoms with Crippen molar-refractivity contribution in [1.82, 2.24) is 14.5 Å². The summed E-state index contributed by atoms with van der Waals surface area (Å²) in [6.45, 7) is 3.59. The van der Waals surface area contributed by atoms with Gasteiger partial charge in [-0.1, -0.05) is 0 Å². The second-order valence-corrected chi connectivity index (χ2v) is 8.10. The zero-order valence-electron chi connectivity index (χ0n) is 15.7. The van der Waals surface area contributed by atoms with Crippen molar-refractivity contribution in [2.45, 2.75) is 24.5 Å². The summed E-state index contributed by atoms with van der Waals surface area (Å²) in [5.74, 6) is 0. The highest BCUT2D eigenvalue weighted by Gasteiger charge is 2.32. The topological polar surface area (TPSA) is 97.4 Å². The number of methoxy groups -OCH3 is 1. The summed E-state index contributed by atoms with van der Waals surface area (Å²) in [7, 11) is 2.75. The zero-order chi connectivity index (χ0) is 19.7. The lowest BCUT2D eigenvalue weighted by Crippen LogP contribution is -2.51. The molecule has 0 radical (unpaired) electrons. The Morgan fingerprint density at radius 3 is 2.38 bits per heavy atom. The van der Waals surface area contributed by atoms with Gasteiger partial charge in [-0.05, 0) is 13.8 Å². The molecule has 0 aliphatic carbocycles. The Labute approximate surface area is 153 Å². The SMILES string of the molecule is COC(C)(C)c1cc(S(=O)(=O)NC(=O)[n+]2ccc(N(C)C)cc2)nn1C. The molecule has 0 aromatic carbocycles. The largest absolute Gasteiger partial charge is 0.511 e. The van der Waals surface area contributed by atoms with Gasteiger partial charge in [-0.3, -0.25) is 4.68 Å². The van der Waals surface area contributed by atoms with Gasteiger partial charge in [0.2, 0.25) is 5.03 Å². The van der Waals surface area contributed by atoms with Gasteiger partial charge in [-0.15, -0.1) is 4.72 Å². The number of carbonyl (C=O) groups is 1. The predicted molar refractivity (Wildman–Crippen MR) is 95.3 cm³/mol. The average molecular weight is 382 g/mol. The number of ether oxygens (including phenoxy) is 1. The van der Waals surface area contributed by atoms with Crippen LogP contribution in [0.2, 0.25) is 0 Å². The van der Waals surface area contributed by atoms with E-state index in [0.717, 1.165) is 10.3 Å². The van der Waals surface area contributed by atoms with Crippen molar-refractivity contribution in [3.8, 4) is 0 Å². The standard InChI is InChI=1S/C16H23N5O4S/c1-16(2,25-6)13-11-14(17-20(13)5)26(23,24)18-15(22)21-9-7-12(8-10-21)19(3)4/h7-11H,1-6H3/p+1. The van der Waals surface area contributed by atoms with Crippen LogP contribution in [0.15, 0.2) is 35.6 Å². The molecular formula is C16H24N5O4S+. The van der Waals surface area contributed by atoms with Crippen molar-refractivity contribution in [2.24, 2.45) is 7.05 Å². The Morgan fingerprint density at radius 1 is 1.31 bits per heavy atom. The lowest BCUT2D eigenvalue weighted by molar-refractivity contribution is -0.570. The van der Waals surface area contributed by atoms with Crippen LogP contribution in [0.4, 0.5) is 10.5 Å². The van der Waals surface area contributed by atoms with E-state index in [1.807, 2.05) is 23.7 Å². The summed E-state index contributed by atoms with van der Waals surface area (Å²) in [5, 5.41) is 3.75. The van der Waals surface area contributed by atoms with Crippen molar-refractivity contribution in [2.75, 3.05) is 26.1 Å². The Balaban J connectivity index is 2.26. The molecule has 142 valence electrons. The van der Waals surface area contributed by atoms with Gasteiger partial charge in [0.25, 0.3) is 0 Å². The fourth-order valence-corrected chi connectivity index (χ4v) is 3.25. The Kier molecular flexibility index (Phi) is 5.38. The number of nitrogens with one attached hydrogen (secondary N) is 1. The van der Waals surface area contributed by atoms with Gasteiger partial charge in [0.1, 0.15) is 18.0 Å². The third kappa shape index (κ3) is 4.02. The molecule has 10 heteroatoms. The summed E-state index contributed by atoms with van der Waals surface area (Å²) in [6.07, 6.45) is 2.97. The molecule has 0 bridgehead atoms. The van der Waals surface area contributed by atoms with Gasteiger partial charge in [-0.25, -0.2) is 0 Å². The molecule has 9 nitrogen and oxygen atoms in total. The first-order valence-electron chi connectivity index (χ1n) is 7.83. The highest BCUT2D eigenvalue weighted by Crippen LogP contribution is 2.25. The molecule has 0 saturated carbocycles.